The lowest BCUT2D eigenvalue weighted by atomic mass is 9.85. The van der Waals surface area contributed by atoms with Crippen molar-refractivity contribution in [3.63, 3.8) is 0 Å². The van der Waals surface area contributed by atoms with Crippen molar-refractivity contribution in [2.75, 3.05) is 0 Å². The van der Waals surface area contributed by atoms with Crippen molar-refractivity contribution in [3.05, 3.63) is 148 Å². The van der Waals surface area contributed by atoms with Crippen LogP contribution in [-0.2, 0) is 21.7 Å². The maximum absolute atomic E-state index is 10.6. The molecule has 0 fully saturated rings. The van der Waals surface area contributed by atoms with Gasteiger partial charge in [-0.2, -0.15) is 5.26 Å². The molecule has 0 bridgehead atoms. The van der Waals surface area contributed by atoms with Crippen LogP contribution in [0.4, 0.5) is 5.69 Å². The number of hydrogen-bond acceptors (Lipinski definition) is 1. The molecule has 4 heteroatoms. The Morgan fingerprint density at radius 1 is 0.431 bits per heavy atom. The third-order valence-corrected chi connectivity index (χ3v) is 12.0. The largest absolute Gasteiger partial charge is 0.309 e. The summed E-state index contributed by atoms with van der Waals surface area (Å²) >= 11 is 0. The van der Waals surface area contributed by atoms with E-state index in [2.05, 4.69) is 188 Å². The van der Waals surface area contributed by atoms with E-state index in [1.54, 1.807) is 0 Å². The van der Waals surface area contributed by atoms with E-state index in [9.17, 15) is 5.26 Å². The van der Waals surface area contributed by atoms with Crippen LogP contribution in [0, 0.1) is 17.9 Å². The Labute approximate surface area is 344 Å². The van der Waals surface area contributed by atoms with Crippen molar-refractivity contribution >= 4 is 49.3 Å². The van der Waals surface area contributed by atoms with Crippen molar-refractivity contribution in [1.29, 1.82) is 5.26 Å². The van der Waals surface area contributed by atoms with Gasteiger partial charge in [0.05, 0.1) is 40.3 Å². The molecule has 0 unspecified atom stereocenters. The molecule has 0 saturated carbocycles. The molecule has 0 amide bonds. The van der Waals surface area contributed by atoms with Crippen molar-refractivity contribution < 1.29 is 0 Å². The van der Waals surface area contributed by atoms with Gasteiger partial charge in [-0.25, -0.2) is 4.85 Å². The fraction of sp³-hybridized carbons (Fsp3) is 0.296. The molecule has 6 aromatic carbocycles. The SMILES string of the molecule is [C-]#[N+]c1ccc(-n2c3ccc(C(C)(C)C)cc3c3cc(C(C)(C)C)ccc32)cc1-c1cc(-n2c3ccc(C(C)(C)C)cc3c3cc(C(C)(C)C)ccc32)ccc1C#N. The van der Waals surface area contributed by atoms with Gasteiger partial charge in [-0.15, -0.1) is 0 Å². The van der Waals surface area contributed by atoms with Crippen LogP contribution in [0.2, 0.25) is 0 Å². The van der Waals surface area contributed by atoms with Crippen molar-refractivity contribution in [2.24, 2.45) is 0 Å². The molecule has 8 aromatic rings. The molecule has 0 saturated heterocycles. The van der Waals surface area contributed by atoms with E-state index in [1.165, 1.54) is 43.8 Å². The van der Waals surface area contributed by atoms with Crippen LogP contribution in [0.15, 0.2) is 109 Å². The second-order valence-electron chi connectivity index (χ2n) is 20.3. The minimum absolute atomic E-state index is 0.00641. The molecule has 0 aliphatic rings. The van der Waals surface area contributed by atoms with E-state index in [0.717, 1.165) is 44.6 Å². The summed E-state index contributed by atoms with van der Waals surface area (Å²) < 4.78 is 4.64. The molecule has 0 radical (unpaired) electrons. The maximum Gasteiger partial charge on any atom is 0.195 e. The van der Waals surface area contributed by atoms with Gasteiger partial charge in [0.15, 0.2) is 5.69 Å². The Morgan fingerprint density at radius 2 is 0.759 bits per heavy atom. The molecule has 58 heavy (non-hydrogen) atoms. The molecule has 290 valence electrons. The first kappa shape index (κ1) is 38.8. The zero-order valence-corrected chi connectivity index (χ0v) is 36.2. The van der Waals surface area contributed by atoms with Crippen LogP contribution in [0.25, 0.3) is 71.0 Å². The summed E-state index contributed by atoms with van der Waals surface area (Å²) in [7, 11) is 0. The van der Waals surface area contributed by atoms with Gasteiger partial charge in [0.1, 0.15) is 0 Å². The molecule has 2 aromatic heterocycles. The zero-order valence-electron chi connectivity index (χ0n) is 36.2. The van der Waals surface area contributed by atoms with Gasteiger partial charge in [-0.05, 0) is 134 Å². The van der Waals surface area contributed by atoms with Gasteiger partial charge in [0.25, 0.3) is 0 Å². The molecule has 2 heterocycles. The van der Waals surface area contributed by atoms with Gasteiger partial charge < -0.3 is 9.13 Å². The first-order valence-corrected chi connectivity index (χ1v) is 20.4. The standard InChI is InChI=1S/C54H54N4/c1-51(2,3)34-15-22-47-42(26-34)43-27-35(52(4,5)6)16-23-48(43)57(47)38-19-14-33(32-55)40(30-38)41-31-39(20-21-46(41)56-13)58-49-24-17-36(53(7,8)9)28-44(49)45-29-37(54(10,11)12)18-25-50(45)58/h14-31H,1-12H3. The van der Waals surface area contributed by atoms with E-state index in [1.807, 2.05) is 24.3 Å². The van der Waals surface area contributed by atoms with Gasteiger partial charge in [0, 0.05) is 32.9 Å². The van der Waals surface area contributed by atoms with E-state index in [4.69, 9.17) is 6.57 Å². The Hall–Kier alpha value is -6.10. The summed E-state index contributed by atoms with van der Waals surface area (Å²) in [5.41, 5.74) is 14.0. The first-order valence-electron chi connectivity index (χ1n) is 20.4. The highest BCUT2D eigenvalue weighted by molar-refractivity contribution is 6.11. The Kier molecular flexibility index (Phi) is 8.84. The lowest BCUT2D eigenvalue weighted by Crippen LogP contribution is -2.10. The van der Waals surface area contributed by atoms with Crippen LogP contribution >= 0.6 is 0 Å². The van der Waals surface area contributed by atoms with Gasteiger partial charge in [0.2, 0.25) is 0 Å². The zero-order chi connectivity index (χ0) is 41.7. The fourth-order valence-corrected chi connectivity index (χ4v) is 8.44. The van der Waals surface area contributed by atoms with E-state index in [0.29, 0.717) is 11.3 Å². The maximum atomic E-state index is 10.6. The van der Waals surface area contributed by atoms with Crippen LogP contribution < -0.4 is 0 Å². The predicted molar refractivity (Wildman–Crippen MR) is 246 cm³/mol. The summed E-state index contributed by atoms with van der Waals surface area (Å²) in [5, 5.41) is 15.4. The highest BCUT2D eigenvalue weighted by atomic mass is 15.0. The highest BCUT2D eigenvalue weighted by Crippen LogP contribution is 2.43. The lowest BCUT2D eigenvalue weighted by molar-refractivity contribution is 0.590. The molecular weight excluding hydrogens is 705 g/mol. The van der Waals surface area contributed by atoms with Crippen molar-refractivity contribution in [3.8, 4) is 28.6 Å². The normalized spacial score (nSPS) is 12.8. The van der Waals surface area contributed by atoms with Crippen LogP contribution in [0.5, 0.6) is 0 Å². The third-order valence-electron chi connectivity index (χ3n) is 12.0. The summed E-state index contributed by atoms with van der Waals surface area (Å²) in [6.07, 6.45) is 0. The fourth-order valence-electron chi connectivity index (χ4n) is 8.44. The summed E-state index contributed by atoms with van der Waals surface area (Å²) in [6, 6.07) is 42.0. The number of hydrogen-bond donors (Lipinski definition) is 0. The average molecular weight is 759 g/mol. The second kappa shape index (κ2) is 13.2. The number of nitrogens with zero attached hydrogens (tertiary/aromatic N) is 4. The van der Waals surface area contributed by atoms with Crippen molar-refractivity contribution in [2.45, 2.75) is 105 Å². The summed E-state index contributed by atoms with van der Waals surface area (Å²) in [5.74, 6) is 0. The highest BCUT2D eigenvalue weighted by Gasteiger charge is 2.24. The number of aromatic nitrogens is 2. The van der Waals surface area contributed by atoms with E-state index >= 15 is 0 Å². The smallest absolute Gasteiger partial charge is 0.195 e. The summed E-state index contributed by atoms with van der Waals surface area (Å²) in [4.78, 5) is 4.03. The molecule has 8 rings (SSSR count). The number of nitriles is 1. The third kappa shape index (κ3) is 6.46. The molecule has 0 N–H and O–H groups in total. The molecule has 0 aliphatic heterocycles. The Balaban J connectivity index is 1.38. The van der Waals surface area contributed by atoms with Crippen LogP contribution in [-0.4, -0.2) is 9.13 Å². The van der Waals surface area contributed by atoms with Gasteiger partial charge >= 0.3 is 0 Å². The number of rotatable bonds is 3. The first-order chi connectivity index (χ1) is 27.2. The van der Waals surface area contributed by atoms with Gasteiger partial charge in [-0.1, -0.05) is 113 Å². The van der Waals surface area contributed by atoms with Crippen molar-refractivity contribution in [1.82, 2.24) is 9.13 Å². The van der Waals surface area contributed by atoms with E-state index < -0.39 is 0 Å². The number of benzene rings is 6. The monoisotopic (exact) mass is 758 g/mol. The predicted octanol–water partition coefficient (Wildman–Crippen LogP) is 15.2. The molecular formula is C54H54N4. The minimum Gasteiger partial charge on any atom is -0.309 e. The average Bonchev–Trinajstić information content (AvgIpc) is 3.67. The molecule has 0 aliphatic carbocycles. The molecule has 0 atom stereocenters. The molecule has 0 spiro atoms. The Morgan fingerprint density at radius 3 is 1.07 bits per heavy atom. The van der Waals surface area contributed by atoms with E-state index in [-0.39, 0.29) is 21.7 Å². The number of fused-ring (bicyclic) bond motifs is 6. The summed E-state index contributed by atoms with van der Waals surface area (Å²) in [6.45, 7) is 35.4. The van der Waals surface area contributed by atoms with Crippen LogP contribution in [0.3, 0.4) is 0 Å². The molecule has 4 nitrogen and oxygen atoms in total. The quantitative estimate of drug-likeness (QED) is 0.165. The topological polar surface area (TPSA) is 38.0 Å². The lowest BCUT2D eigenvalue weighted by Gasteiger charge is -2.19. The second-order valence-corrected chi connectivity index (χ2v) is 20.3. The minimum atomic E-state index is -0.00678. The van der Waals surface area contributed by atoms with Gasteiger partial charge in [-0.3, -0.25) is 0 Å². The van der Waals surface area contributed by atoms with Crippen LogP contribution in [0.1, 0.15) is 111 Å². The Bertz CT molecular complexity index is 2700.